The van der Waals surface area contributed by atoms with Crippen molar-refractivity contribution in [2.75, 3.05) is 4.90 Å². The Morgan fingerprint density at radius 1 is 1.20 bits per heavy atom. The molecule has 5 nitrogen and oxygen atoms in total. The van der Waals surface area contributed by atoms with Crippen molar-refractivity contribution in [3.05, 3.63) is 41.9 Å². The molecule has 0 saturated carbocycles. The van der Waals surface area contributed by atoms with Gasteiger partial charge in [0.15, 0.2) is 5.13 Å². The maximum absolute atomic E-state index is 12.3. The summed E-state index contributed by atoms with van der Waals surface area (Å²) in [6, 6.07) is 9.23. The number of nitrogens with zero attached hydrogens (tertiary/aromatic N) is 2. The number of anilines is 2. The van der Waals surface area contributed by atoms with E-state index in [1.165, 1.54) is 16.2 Å². The van der Waals surface area contributed by atoms with Crippen LogP contribution in [0.5, 0.6) is 0 Å². The number of benzene rings is 1. The summed E-state index contributed by atoms with van der Waals surface area (Å²) >= 11 is 1.37. The summed E-state index contributed by atoms with van der Waals surface area (Å²) in [5.41, 5.74) is 0.739. The van der Waals surface area contributed by atoms with Gasteiger partial charge in [-0.3, -0.25) is 14.5 Å². The van der Waals surface area contributed by atoms with Gasteiger partial charge in [0.05, 0.1) is 5.69 Å². The lowest BCUT2D eigenvalue weighted by molar-refractivity contribution is -0.137. The first-order valence-corrected chi connectivity index (χ1v) is 7.06. The van der Waals surface area contributed by atoms with Gasteiger partial charge in [-0.1, -0.05) is 18.2 Å². The van der Waals surface area contributed by atoms with Gasteiger partial charge < -0.3 is 5.11 Å². The van der Waals surface area contributed by atoms with Crippen LogP contribution in [0.25, 0.3) is 0 Å². The Bertz CT molecular complexity index is 569. The number of amides is 1. The molecule has 2 rings (SSSR count). The first-order valence-electron chi connectivity index (χ1n) is 6.18. The number of carboxylic acids is 1. The minimum atomic E-state index is -0.890. The van der Waals surface area contributed by atoms with Crippen molar-refractivity contribution in [1.82, 2.24) is 4.98 Å². The molecular formula is C14H14N2O3S. The van der Waals surface area contributed by atoms with Crippen molar-refractivity contribution in [2.45, 2.75) is 19.3 Å². The van der Waals surface area contributed by atoms with Gasteiger partial charge in [-0.2, -0.15) is 0 Å². The number of hydrogen-bond acceptors (Lipinski definition) is 4. The summed E-state index contributed by atoms with van der Waals surface area (Å²) in [4.78, 5) is 28.5. The van der Waals surface area contributed by atoms with Crippen LogP contribution in [0, 0.1) is 0 Å². The van der Waals surface area contributed by atoms with Gasteiger partial charge in [0.25, 0.3) is 0 Å². The predicted molar refractivity (Wildman–Crippen MR) is 77.2 cm³/mol. The van der Waals surface area contributed by atoms with Gasteiger partial charge in [-0.15, -0.1) is 11.3 Å². The van der Waals surface area contributed by atoms with Crippen molar-refractivity contribution in [2.24, 2.45) is 0 Å². The molecule has 0 radical (unpaired) electrons. The quantitative estimate of drug-likeness (QED) is 0.887. The van der Waals surface area contributed by atoms with E-state index < -0.39 is 5.97 Å². The molecule has 0 aliphatic heterocycles. The number of rotatable bonds is 6. The molecule has 1 aromatic heterocycles. The van der Waals surface area contributed by atoms with E-state index in [2.05, 4.69) is 4.98 Å². The third-order valence-corrected chi connectivity index (χ3v) is 3.41. The standard InChI is InChI=1S/C14H14N2O3S/c17-12(7-4-8-13(18)19)16(14-15-9-10-20-14)11-5-2-1-3-6-11/h1-3,5-6,9-10H,4,7-8H2,(H,18,19). The highest BCUT2D eigenvalue weighted by molar-refractivity contribution is 7.13. The maximum Gasteiger partial charge on any atom is 0.303 e. The number of aromatic nitrogens is 1. The van der Waals surface area contributed by atoms with Gasteiger partial charge in [-0.05, 0) is 18.6 Å². The molecule has 1 N–H and O–H groups in total. The van der Waals surface area contributed by atoms with Gasteiger partial charge in [-0.25, -0.2) is 4.98 Å². The molecule has 0 unspecified atom stereocenters. The van der Waals surface area contributed by atoms with Crippen LogP contribution in [0.1, 0.15) is 19.3 Å². The Hall–Kier alpha value is -2.21. The van der Waals surface area contributed by atoms with Crippen LogP contribution < -0.4 is 4.90 Å². The highest BCUT2D eigenvalue weighted by Crippen LogP contribution is 2.28. The average molecular weight is 290 g/mol. The van der Waals surface area contributed by atoms with Crippen molar-refractivity contribution in [3.63, 3.8) is 0 Å². The van der Waals surface area contributed by atoms with E-state index in [0.29, 0.717) is 11.6 Å². The Kier molecular flexibility index (Phi) is 4.84. The monoisotopic (exact) mass is 290 g/mol. The Morgan fingerprint density at radius 3 is 2.55 bits per heavy atom. The van der Waals surface area contributed by atoms with E-state index in [-0.39, 0.29) is 18.7 Å². The fraction of sp³-hybridized carbons (Fsp3) is 0.214. The zero-order valence-electron chi connectivity index (χ0n) is 10.7. The van der Waals surface area contributed by atoms with E-state index in [1.807, 2.05) is 30.3 Å². The second-order valence-electron chi connectivity index (χ2n) is 4.13. The SMILES string of the molecule is O=C(O)CCCC(=O)N(c1ccccc1)c1nccs1. The molecule has 0 bridgehead atoms. The fourth-order valence-corrected chi connectivity index (χ4v) is 2.44. The minimum absolute atomic E-state index is 0.00770. The molecule has 6 heteroatoms. The first-order chi connectivity index (χ1) is 9.68. The molecular weight excluding hydrogens is 276 g/mol. The first kappa shape index (κ1) is 14.2. The predicted octanol–water partition coefficient (Wildman–Crippen LogP) is 3.06. The number of carbonyl (C=O) groups is 2. The molecule has 1 aromatic carbocycles. The minimum Gasteiger partial charge on any atom is -0.481 e. The summed E-state index contributed by atoms with van der Waals surface area (Å²) < 4.78 is 0. The molecule has 104 valence electrons. The summed E-state index contributed by atoms with van der Waals surface area (Å²) in [7, 11) is 0. The lowest BCUT2D eigenvalue weighted by atomic mass is 10.2. The highest BCUT2D eigenvalue weighted by atomic mass is 32.1. The fourth-order valence-electron chi connectivity index (χ4n) is 1.77. The van der Waals surface area contributed by atoms with Crippen LogP contribution in [-0.2, 0) is 9.59 Å². The number of para-hydroxylation sites is 1. The molecule has 1 heterocycles. The number of carbonyl (C=O) groups excluding carboxylic acids is 1. The second kappa shape index (κ2) is 6.81. The number of thiazole rings is 1. The van der Waals surface area contributed by atoms with Gasteiger partial charge in [0.2, 0.25) is 5.91 Å². The Labute approximate surface area is 120 Å². The zero-order chi connectivity index (χ0) is 14.4. The molecule has 0 fully saturated rings. The van der Waals surface area contributed by atoms with E-state index in [1.54, 1.807) is 11.6 Å². The normalized spacial score (nSPS) is 10.2. The summed E-state index contributed by atoms with van der Waals surface area (Å²) in [6.07, 6.45) is 2.14. The van der Waals surface area contributed by atoms with Gasteiger partial charge >= 0.3 is 5.97 Å². The third-order valence-electron chi connectivity index (χ3n) is 2.66. The summed E-state index contributed by atoms with van der Waals surface area (Å²) in [5, 5.41) is 11.0. The van der Waals surface area contributed by atoms with E-state index in [9.17, 15) is 9.59 Å². The maximum atomic E-state index is 12.3. The van der Waals surface area contributed by atoms with Crippen LogP contribution in [0.15, 0.2) is 41.9 Å². The largest absolute Gasteiger partial charge is 0.481 e. The van der Waals surface area contributed by atoms with Crippen LogP contribution in [-0.4, -0.2) is 22.0 Å². The molecule has 20 heavy (non-hydrogen) atoms. The molecule has 0 aliphatic rings. The lowest BCUT2D eigenvalue weighted by Gasteiger charge is -2.19. The topological polar surface area (TPSA) is 70.5 Å². The number of carboxylic acid groups (broad SMARTS) is 1. The molecule has 0 aliphatic carbocycles. The lowest BCUT2D eigenvalue weighted by Crippen LogP contribution is -2.25. The van der Waals surface area contributed by atoms with Crippen molar-refractivity contribution in [1.29, 1.82) is 0 Å². The van der Waals surface area contributed by atoms with Crippen molar-refractivity contribution in [3.8, 4) is 0 Å². The van der Waals surface area contributed by atoms with Crippen molar-refractivity contribution < 1.29 is 14.7 Å². The smallest absolute Gasteiger partial charge is 0.303 e. The van der Waals surface area contributed by atoms with Crippen LogP contribution >= 0.6 is 11.3 Å². The van der Waals surface area contributed by atoms with E-state index in [4.69, 9.17) is 5.11 Å². The van der Waals surface area contributed by atoms with E-state index in [0.717, 1.165) is 5.69 Å². The molecule has 1 amide bonds. The molecule has 0 spiro atoms. The Morgan fingerprint density at radius 2 is 1.95 bits per heavy atom. The molecule has 2 aromatic rings. The van der Waals surface area contributed by atoms with Crippen LogP contribution in [0.4, 0.5) is 10.8 Å². The van der Waals surface area contributed by atoms with E-state index >= 15 is 0 Å². The Balaban J connectivity index is 2.15. The molecule has 0 atom stereocenters. The highest BCUT2D eigenvalue weighted by Gasteiger charge is 2.19. The second-order valence-corrected chi connectivity index (χ2v) is 5.00. The van der Waals surface area contributed by atoms with Crippen molar-refractivity contribution >= 4 is 34.0 Å². The average Bonchev–Trinajstić information content (AvgIpc) is 2.93. The van der Waals surface area contributed by atoms with Crippen LogP contribution in [0.3, 0.4) is 0 Å². The number of hydrogen-bond donors (Lipinski definition) is 1. The van der Waals surface area contributed by atoms with Crippen LogP contribution in [0.2, 0.25) is 0 Å². The summed E-state index contributed by atoms with van der Waals surface area (Å²) in [6.45, 7) is 0. The zero-order valence-corrected chi connectivity index (χ0v) is 11.5. The van der Waals surface area contributed by atoms with Gasteiger partial charge in [0.1, 0.15) is 0 Å². The number of aliphatic carboxylic acids is 1. The third kappa shape index (κ3) is 3.64. The molecule has 0 saturated heterocycles. The summed E-state index contributed by atoms with van der Waals surface area (Å²) in [5.74, 6) is -1.04. The van der Waals surface area contributed by atoms with Gasteiger partial charge in [0, 0.05) is 24.4 Å².